The van der Waals surface area contributed by atoms with Gasteiger partial charge in [0.15, 0.2) is 0 Å². The summed E-state index contributed by atoms with van der Waals surface area (Å²) in [6, 6.07) is 6.37. The van der Waals surface area contributed by atoms with Gasteiger partial charge in [0.2, 0.25) is 11.6 Å². The topological polar surface area (TPSA) is 222 Å². The first-order chi connectivity index (χ1) is 30.4. The Labute approximate surface area is 379 Å². The van der Waals surface area contributed by atoms with Gasteiger partial charge in [-0.25, -0.2) is 0 Å². The van der Waals surface area contributed by atoms with Gasteiger partial charge >= 0.3 is 17.7 Å². The predicted octanol–water partition coefficient (Wildman–Crippen LogP) is 6.32. The summed E-state index contributed by atoms with van der Waals surface area (Å²) in [7, 11) is 2.89. The van der Waals surface area contributed by atoms with Crippen molar-refractivity contribution < 1.29 is 67.4 Å². The summed E-state index contributed by atoms with van der Waals surface area (Å²) in [6.07, 6.45) is 3.19. The maximum absolute atomic E-state index is 15.1. The zero-order valence-electron chi connectivity index (χ0n) is 39.1. The van der Waals surface area contributed by atoms with E-state index in [-0.39, 0.29) is 28.2 Å². The molecule has 16 heteroatoms. The molecule has 0 saturated carbocycles. The normalized spacial score (nSPS) is 29.4. The number of methoxy groups -OCH3 is 2. The second kappa shape index (κ2) is 19.6. The summed E-state index contributed by atoms with van der Waals surface area (Å²) in [6.45, 7) is 17.1. The first kappa shape index (κ1) is 49.9. The number of nitrogens with one attached hydrogen (secondary N) is 2. The molecule has 0 aromatic heterocycles. The van der Waals surface area contributed by atoms with E-state index in [1.165, 1.54) is 54.1 Å². The van der Waals surface area contributed by atoms with Gasteiger partial charge in [0.1, 0.15) is 34.7 Å². The van der Waals surface area contributed by atoms with Crippen molar-refractivity contribution in [3.63, 3.8) is 0 Å². The van der Waals surface area contributed by atoms with Crippen molar-refractivity contribution in [3.8, 4) is 17.2 Å². The van der Waals surface area contributed by atoms with E-state index in [0.717, 1.165) is 6.26 Å². The Hall–Kier alpha value is -6.10. The van der Waals surface area contributed by atoms with Gasteiger partial charge in [-0.15, -0.1) is 0 Å². The first-order valence-corrected chi connectivity index (χ1v) is 21.4. The monoisotopic (exact) mass is 900 g/mol. The number of Topliss-reactive ketones (excluding diaryl/α,β-unsaturated/α-hetero) is 3. The minimum absolute atomic E-state index is 0.0248. The molecule has 1 aliphatic carbocycles. The fourth-order valence-corrected chi connectivity index (χ4v) is 7.99. The van der Waals surface area contributed by atoms with Crippen LogP contribution < -0.4 is 24.8 Å². The molecule has 350 valence electrons. The van der Waals surface area contributed by atoms with Gasteiger partial charge < -0.3 is 49.3 Å². The van der Waals surface area contributed by atoms with E-state index in [2.05, 4.69) is 10.6 Å². The molecule has 4 aliphatic rings. The van der Waals surface area contributed by atoms with Crippen LogP contribution in [0.3, 0.4) is 0 Å². The molecule has 3 heterocycles. The zero-order chi connectivity index (χ0) is 48.5. The highest BCUT2D eigenvalue weighted by molar-refractivity contribution is 6.33. The molecule has 6 rings (SSSR count). The Morgan fingerprint density at radius 3 is 2.09 bits per heavy atom. The lowest BCUT2D eigenvalue weighted by Crippen LogP contribution is -2.46. The maximum atomic E-state index is 15.1. The molecule has 3 aliphatic heterocycles. The Morgan fingerprint density at radius 1 is 0.862 bits per heavy atom. The van der Waals surface area contributed by atoms with Gasteiger partial charge in [-0.3, -0.25) is 28.8 Å². The van der Waals surface area contributed by atoms with Crippen molar-refractivity contribution >= 4 is 40.9 Å². The number of carbonyl (C=O) groups excluding carboxylic acids is 6. The van der Waals surface area contributed by atoms with Gasteiger partial charge in [0, 0.05) is 61.5 Å². The van der Waals surface area contributed by atoms with Crippen molar-refractivity contribution in [2.75, 3.05) is 19.5 Å². The quantitative estimate of drug-likeness (QED) is 0.184. The highest BCUT2D eigenvalue weighted by atomic mass is 16.7. The molecule has 5 bridgehead atoms. The molecule has 0 radical (unpaired) electrons. The van der Waals surface area contributed by atoms with Crippen molar-refractivity contribution in [3.05, 3.63) is 94.1 Å². The predicted molar refractivity (Wildman–Crippen MR) is 238 cm³/mol. The summed E-state index contributed by atoms with van der Waals surface area (Å²) < 4.78 is 35.1. The number of amides is 1. The zero-order valence-corrected chi connectivity index (χ0v) is 39.1. The third kappa shape index (κ3) is 10.1. The van der Waals surface area contributed by atoms with Crippen LogP contribution in [0, 0.1) is 36.0 Å². The van der Waals surface area contributed by atoms with E-state index in [9.17, 15) is 29.4 Å². The van der Waals surface area contributed by atoms with Crippen LogP contribution in [0.1, 0.15) is 106 Å². The minimum atomic E-state index is -2.17. The fraction of sp³-hybridized carbons (Fsp3) is 0.469. The summed E-state index contributed by atoms with van der Waals surface area (Å²) in [5.41, 5.74) is -2.81. The van der Waals surface area contributed by atoms with E-state index >= 15 is 9.59 Å². The van der Waals surface area contributed by atoms with Crippen LogP contribution in [0.2, 0.25) is 0 Å². The number of carbonyl (C=O) groups is 6. The molecule has 0 fully saturated rings. The Morgan fingerprint density at radius 2 is 1.51 bits per heavy atom. The SMILES string of the molecule is COc1ccc(NC2=C3NC(=O)/C(C)=C\C=C\[C@H](C)[C@H](O)[C@@H](C)[C@H](O)[C@H](C)[C@H](OC(C)=O)[C@H](C)[C@@H](OC)/C=C/O[C@@]4(C)Oc5c(C)c(OC(=O)C(C)(C)C)c(c(c5C4=O)C2=O)C3=O)cc1. The van der Waals surface area contributed by atoms with E-state index in [4.69, 9.17) is 28.4 Å². The third-order valence-corrected chi connectivity index (χ3v) is 12.1. The van der Waals surface area contributed by atoms with Gasteiger partial charge in [-0.2, -0.15) is 0 Å². The average molecular weight is 901 g/mol. The first-order valence-electron chi connectivity index (χ1n) is 21.4. The van der Waals surface area contributed by atoms with Crippen molar-refractivity contribution in [2.45, 2.75) is 106 Å². The summed E-state index contributed by atoms with van der Waals surface area (Å²) in [5.74, 6) is -9.77. The van der Waals surface area contributed by atoms with Crippen LogP contribution >= 0.6 is 0 Å². The molecule has 16 nitrogen and oxygen atoms in total. The largest absolute Gasteiger partial charge is 0.497 e. The van der Waals surface area contributed by atoms with E-state index in [1.807, 2.05) is 0 Å². The number of benzene rings is 2. The van der Waals surface area contributed by atoms with Crippen molar-refractivity contribution in [1.29, 1.82) is 0 Å². The second-order valence-corrected chi connectivity index (χ2v) is 18.0. The maximum Gasteiger partial charge on any atom is 0.316 e. The minimum Gasteiger partial charge on any atom is -0.497 e. The van der Waals surface area contributed by atoms with Crippen LogP contribution in [-0.2, 0) is 28.6 Å². The standard InChI is InChI=1S/C49H60N2O14/c1-23-15-14-16-24(2)46(58)51-37-36(50-30-17-19-31(60-12)20-18-30)40(55)33-34(41(37)56)43(64-47(59)48(8,9)10)28(6)44-35(33)45(57)49(11,65-44)62-22-21-32(61-13)25(3)42(63-29(7)52)27(5)39(54)26(4)38(23)53/h14-23,25-27,32,38-39,42,50,53-54H,1-13H3,(H,51,58)/b15-14+,22-21+,24-16-/t23-,25+,26+,27-,32-,38-,39-,42+,49-/m0/s1. The Bertz CT molecular complexity index is 2370. The van der Waals surface area contributed by atoms with Gasteiger partial charge in [0.25, 0.3) is 11.7 Å². The molecule has 2 aromatic carbocycles. The van der Waals surface area contributed by atoms with Gasteiger partial charge in [-0.1, -0.05) is 45.9 Å². The smallest absolute Gasteiger partial charge is 0.316 e. The number of ketones is 3. The number of ether oxygens (including phenoxy) is 6. The van der Waals surface area contributed by atoms with Gasteiger partial charge in [-0.05, 0) is 65.0 Å². The molecule has 2 aromatic rings. The van der Waals surface area contributed by atoms with Crippen LogP contribution in [-0.4, -0.2) is 89.8 Å². The molecule has 9 atom stereocenters. The van der Waals surface area contributed by atoms with E-state index in [0.29, 0.717) is 11.4 Å². The van der Waals surface area contributed by atoms with Crippen LogP contribution in [0.15, 0.2) is 71.8 Å². The van der Waals surface area contributed by atoms with E-state index in [1.54, 1.807) is 84.9 Å². The number of hydrogen-bond donors (Lipinski definition) is 4. The lowest BCUT2D eigenvalue weighted by atomic mass is 9.78. The molecule has 0 saturated heterocycles. The van der Waals surface area contributed by atoms with Crippen LogP contribution in [0.5, 0.6) is 17.2 Å². The van der Waals surface area contributed by atoms with Crippen molar-refractivity contribution in [1.82, 2.24) is 5.32 Å². The molecule has 65 heavy (non-hydrogen) atoms. The second-order valence-electron chi connectivity index (χ2n) is 18.0. The van der Waals surface area contributed by atoms with Crippen molar-refractivity contribution in [2.24, 2.45) is 29.1 Å². The Balaban J connectivity index is 1.76. The summed E-state index contributed by atoms with van der Waals surface area (Å²) in [4.78, 5) is 84.9. The molecular weight excluding hydrogens is 841 g/mol. The summed E-state index contributed by atoms with van der Waals surface area (Å²) >= 11 is 0. The lowest BCUT2D eigenvalue weighted by Gasteiger charge is -2.38. The molecule has 4 N–H and O–H groups in total. The Kier molecular flexibility index (Phi) is 15.0. The number of anilines is 1. The number of fused-ring (bicyclic) bond motifs is 14. The van der Waals surface area contributed by atoms with E-state index < -0.39 is 117 Å². The summed E-state index contributed by atoms with van der Waals surface area (Å²) in [5, 5.41) is 28.6. The molecule has 1 amide bonds. The van der Waals surface area contributed by atoms with Crippen LogP contribution in [0.25, 0.3) is 0 Å². The lowest BCUT2D eigenvalue weighted by molar-refractivity contribution is -0.160. The molecular formula is C49H60N2O14. The highest BCUT2D eigenvalue weighted by Gasteiger charge is 2.53. The third-order valence-electron chi connectivity index (χ3n) is 12.1. The number of esters is 2. The number of rotatable bonds is 6. The average Bonchev–Trinajstić information content (AvgIpc) is 3.52. The highest BCUT2D eigenvalue weighted by Crippen LogP contribution is 2.49. The number of aliphatic hydroxyl groups excluding tert-OH is 2. The fourth-order valence-electron chi connectivity index (χ4n) is 7.99. The molecule has 0 spiro atoms. The van der Waals surface area contributed by atoms with Crippen LogP contribution in [0.4, 0.5) is 5.69 Å². The molecule has 0 unspecified atom stereocenters. The van der Waals surface area contributed by atoms with Gasteiger partial charge in [0.05, 0.1) is 53.8 Å². The number of aliphatic hydroxyl groups is 2. The number of allylic oxidation sites excluding steroid dienone is 4. The number of hydrogen-bond acceptors (Lipinski definition) is 15.